The minimum absolute atomic E-state index is 0.108. The van der Waals surface area contributed by atoms with Crippen molar-refractivity contribution >= 4 is 21.9 Å². The van der Waals surface area contributed by atoms with Gasteiger partial charge in [0.05, 0.1) is 0 Å². The number of nitrogens with zero attached hydrogens (tertiary/aromatic N) is 3. The van der Waals surface area contributed by atoms with E-state index in [9.17, 15) is 4.39 Å². The largest absolute Gasteiger partial charge is 0.368 e. The third-order valence-electron chi connectivity index (χ3n) is 1.76. The van der Waals surface area contributed by atoms with Crippen LogP contribution in [0.3, 0.4) is 0 Å². The van der Waals surface area contributed by atoms with Gasteiger partial charge < -0.3 is 5.73 Å². The topological polar surface area (TPSA) is 64.7 Å². The molecule has 0 radical (unpaired) electrons. The Hall–Kier alpha value is -1.56. The number of aromatic nitrogens is 3. The molecule has 0 aliphatic carbocycles. The van der Waals surface area contributed by atoms with Gasteiger partial charge in [-0.2, -0.15) is 4.98 Å². The van der Waals surface area contributed by atoms with E-state index in [4.69, 9.17) is 5.73 Å². The van der Waals surface area contributed by atoms with Crippen molar-refractivity contribution in [2.24, 2.45) is 0 Å². The summed E-state index contributed by atoms with van der Waals surface area (Å²) in [7, 11) is 0. The second kappa shape index (κ2) is 3.90. The van der Waals surface area contributed by atoms with Gasteiger partial charge in [-0.05, 0) is 18.2 Å². The van der Waals surface area contributed by atoms with Crippen LogP contribution < -0.4 is 5.73 Å². The molecule has 1 aromatic carbocycles. The second-order valence-corrected chi connectivity index (χ2v) is 3.65. The highest BCUT2D eigenvalue weighted by atomic mass is 79.9. The molecule has 0 aliphatic heterocycles. The fourth-order valence-electron chi connectivity index (χ4n) is 1.11. The van der Waals surface area contributed by atoms with Gasteiger partial charge in [0.15, 0.2) is 5.82 Å². The zero-order chi connectivity index (χ0) is 10.8. The smallest absolute Gasteiger partial charge is 0.223 e. The number of hydrogen-bond donors (Lipinski definition) is 1. The van der Waals surface area contributed by atoms with Crippen LogP contribution in [-0.2, 0) is 0 Å². The molecule has 0 saturated carbocycles. The molecule has 0 spiro atoms. The van der Waals surface area contributed by atoms with E-state index in [-0.39, 0.29) is 11.8 Å². The maximum Gasteiger partial charge on any atom is 0.223 e. The normalized spacial score (nSPS) is 10.3. The number of nitrogens with two attached hydrogens (primary N) is 1. The third-order valence-corrected chi connectivity index (χ3v) is 2.45. The highest BCUT2D eigenvalue weighted by Gasteiger charge is 2.07. The molecule has 2 N–H and O–H groups in total. The molecule has 0 amide bonds. The van der Waals surface area contributed by atoms with Gasteiger partial charge in [0, 0.05) is 10.0 Å². The summed E-state index contributed by atoms with van der Waals surface area (Å²) in [5, 5.41) is 0. The van der Waals surface area contributed by atoms with Crippen molar-refractivity contribution in [2.45, 2.75) is 0 Å². The lowest BCUT2D eigenvalue weighted by molar-refractivity contribution is 0.628. The summed E-state index contributed by atoms with van der Waals surface area (Å²) >= 11 is 3.28. The maximum atomic E-state index is 13.0. The molecule has 15 heavy (non-hydrogen) atoms. The van der Waals surface area contributed by atoms with E-state index in [0.29, 0.717) is 15.9 Å². The van der Waals surface area contributed by atoms with E-state index in [1.54, 1.807) is 6.07 Å². The summed E-state index contributed by atoms with van der Waals surface area (Å²) in [6.07, 6.45) is 1.29. The predicted octanol–water partition coefficient (Wildman–Crippen LogP) is 2.02. The van der Waals surface area contributed by atoms with E-state index < -0.39 is 0 Å². The molecule has 76 valence electrons. The van der Waals surface area contributed by atoms with Crippen molar-refractivity contribution in [1.29, 1.82) is 0 Å². The lowest BCUT2D eigenvalue weighted by atomic mass is 10.2. The lowest BCUT2D eigenvalue weighted by Gasteiger charge is -2.02. The van der Waals surface area contributed by atoms with Crippen LogP contribution in [-0.4, -0.2) is 15.0 Å². The molecule has 0 bridgehead atoms. The van der Waals surface area contributed by atoms with Crippen LogP contribution in [0.4, 0.5) is 10.3 Å². The SMILES string of the molecule is Nc1ncnc(-c2cc(F)ccc2Br)n1. The molecule has 6 heteroatoms. The minimum atomic E-state index is -0.354. The summed E-state index contributed by atoms with van der Waals surface area (Å²) < 4.78 is 13.7. The Labute approximate surface area is 93.5 Å². The van der Waals surface area contributed by atoms with Gasteiger partial charge in [-0.25, -0.2) is 14.4 Å². The van der Waals surface area contributed by atoms with Crippen LogP contribution in [0.5, 0.6) is 0 Å². The van der Waals surface area contributed by atoms with Crippen LogP contribution in [0.1, 0.15) is 0 Å². The van der Waals surface area contributed by atoms with Crippen LogP contribution in [0.2, 0.25) is 0 Å². The summed E-state index contributed by atoms with van der Waals surface area (Å²) in [5.74, 6) is 0.0946. The fraction of sp³-hybridized carbons (Fsp3) is 0. The third kappa shape index (κ3) is 2.10. The lowest BCUT2D eigenvalue weighted by Crippen LogP contribution is -1.98. The van der Waals surface area contributed by atoms with Gasteiger partial charge in [-0.3, -0.25) is 0 Å². The first-order valence-electron chi connectivity index (χ1n) is 4.07. The molecule has 0 fully saturated rings. The van der Waals surface area contributed by atoms with Crippen molar-refractivity contribution < 1.29 is 4.39 Å². The molecular formula is C9H6BrFN4. The van der Waals surface area contributed by atoms with Crippen LogP contribution in [0.25, 0.3) is 11.4 Å². The number of anilines is 1. The second-order valence-electron chi connectivity index (χ2n) is 2.79. The molecule has 1 aromatic heterocycles. The summed E-state index contributed by atoms with van der Waals surface area (Å²) in [6, 6.07) is 4.27. The Bertz CT molecular complexity index is 503. The average molecular weight is 269 g/mol. The molecule has 1 heterocycles. The molecule has 0 aliphatic rings. The Morgan fingerprint density at radius 2 is 2.07 bits per heavy atom. The fourth-order valence-corrected chi connectivity index (χ4v) is 1.53. The maximum absolute atomic E-state index is 13.0. The number of hydrogen-bond acceptors (Lipinski definition) is 4. The van der Waals surface area contributed by atoms with Crippen LogP contribution in [0, 0.1) is 5.82 Å². The van der Waals surface area contributed by atoms with E-state index in [2.05, 4.69) is 30.9 Å². The van der Waals surface area contributed by atoms with E-state index in [1.807, 2.05) is 0 Å². The Morgan fingerprint density at radius 3 is 2.80 bits per heavy atom. The van der Waals surface area contributed by atoms with Crippen molar-refractivity contribution in [3.8, 4) is 11.4 Å². The van der Waals surface area contributed by atoms with Gasteiger partial charge >= 0.3 is 0 Å². The zero-order valence-corrected chi connectivity index (χ0v) is 9.07. The first kappa shape index (κ1) is 9.97. The number of benzene rings is 1. The van der Waals surface area contributed by atoms with Crippen molar-refractivity contribution in [2.75, 3.05) is 5.73 Å². The first-order chi connectivity index (χ1) is 7.16. The summed E-state index contributed by atoms with van der Waals surface area (Å²) in [5.41, 5.74) is 5.96. The highest BCUT2D eigenvalue weighted by molar-refractivity contribution is 9.10. The van der Waals surface area contributed by atoms with Gasteiger partial charge in [-0.15, -0.1) is 0 Å². The van der Waals surface area contributed by atoms with Crippen LogP contribution >= 0.6 is 15.9 Å². The molecule has 0 atom stereocenters. The quantitative estimate of drug-likeness (QED) is 0.860. The zero-order valence-electron chi connectivity index (χ0n) is 7.48. The molecule has 4 nitrogen and oxygen atoms in total. The van der Waals surface area contributed by atoms with E-state index >= 15 is 0 Å². The highest BCUT2D eigenvalue weighted by Crippen LogP contribution is 2.25. The van der Waals surface area contributed by atoms with Gasteiger partial charge in [-0.1, -0.05) is 15.9 Å². The minimum Gasteiger partial charge on any atom is -0.368 e. The Balaban J connectivity index is 2.58. The first-order valence-corrected chi connectivity index (χ1v) is 4.86. The molecule has 0 saturated heterocycles. The molecular weight excluding hydrogens is 263 g/mol. The summed E-state index contributed by atoms with van der Waals surface area (Å²) in [4.78, 5) is 11.5. The molecule has 2 rings (SSSR count). The van der Waals surface area contributed by atoms with Gasteiger partial charge in [0.1, 0.15) is 12.1 Å². The average Bonchev–Trinajstić information content (AvgIpc) is 2.22. The van der Waals surface area contributed by atoms with Gasteiger partial charge in [0.25, 0.3) is 0 Å². The van der Waals surface area contributed by atoms with Crippen molar-refractivity contribution in [3.63, 3.8) is 0 Å². The summed E-state index contributed by atoms with van der Waals surface area (Å²) in [6.45, 7) is 0. The van der Waals surface area contributed by atoms with E-state index in [1.165, 1.54) is 18.5 Å². The standard InChI is InChI=1S/C9H6BrFN4/c10-7-2-1-5(11)3-6(7)8-13-4-14-9(12)15-8/h1-4H,(H2,12,13,14,15). The van der Waals surface area contributed by atoms with E-state index in [0.717, 1.165) is 0 Å². The van der Waals surface area contributed by atoms with Gasteiger partial charge in [0.2, 0.25) is 5.95 Å². The number of rotatable bonds is 1. The Morgan fingerprint density at radius 1 is 1.27 bits per heavy atom. The Kier molecular flexibility index (Phi) is 2.59. The molecule has 0 unspecified atom stereocenters. The predicted molar refractivity (Wildman–Crippen MR) is 57.3 cm³/mol. The molecule has 2 aromatic rings. The van der Waals surface area contributed by atoms with Crippen molar-refractivity contribution in [3.05, 3.63) is 34.8 Å². The number of halogens is 2. The van der Waals surface area contributed by atoms with Crippen molar-refractivity contribution in [1.82, 2.24) is 15.0 Å². The monoisotopic (exact) mass is 268 g/mol. The number of nitrogen functional groups attached to an aromatic ring is 1. The van der Waals surface area contributed by atoms with Crippen LogP contribution in [0.15, 0.2) is 29.0 Å².